The quantitative estimate of drug-likeness (QED) is 0.0252. The summed E-state index contributed by atoms with van der Waals surface area (Å²) in [4.78, 5) is 95.3. The number of primary amides is 8. The lowest BCUT2D eigenvalue weighted by Crippen LogP contribution is -2.68. The minimum Gasteiger partial charge on any atom is -0.390 e. The summed E-state index contributed by atoms with van der Waals surface area (Å²) in [6, 6.07) is 0. The first-order valence-corrected chi connectivity index (χ1v) is 56.2. The number of carbonyl (C=O) groups excluding carboxylic acids is 8. The van der Waals surface area contributed by atoms with Crippen LogP contribution in [0.25, 0.3) is 0 Å². The maximum absolute atomic E-state index is 12.5. The molecule has 140 heavy (non-hydrogen) atoms. The highest BCUT2D eigenvalue weighted by Gasteiger charge is 2.60. The summed E-state index contributed by atoms with van der Waals surface area (Å²) in [5.41, 5.74) is 43.8. The van der Waals surface area contributed by atoms with Gasteiger partial charge >= 0.3 is 0 Å². The van der Waals surface area contributed by atoms with Crippen LogP contribution in [0.4, 0.5) is 0 Å². The van der Waals surface area contributed by atoms with Gasteiger partial charge in [-0.15, -0.1) is 0 Å². The Balaban J connectivity index is 1.09. The molecule has 0 spiro atoms. The molecule has 48 nitrogen and oxygen atoms in total. The van der Waals surface area contributed by atoms with Gasteiger partial charge in [0.1, 0.15) is 134 Å². The van der Waals surface area contributed by atoms with E-state index in [1.807, 2.05) is 0 Å². The standard InChI is InChI=1S/C84H144N8O40S8/c85-46(93)12-3-21-133-29-38-37-11-1-2-20-117-77-63(110)55(102)70(39(119-77)30-134-22-4-13-47(86)94)127-79-65(112)57(104)72(41(121-79)32-136-24-6-15-49(88)96)129-81-67(114)59(106)74(43(123-81)34-138-26-8-17-51(90)98)131-83-69(116)61(108)76(45(125-83)36-140-28-10-19-53(92)100)132-84-68(115)60(107)75(44(124-84)35-139-27-9-18-52(91)99)130-82-66(113)58(105)73(42(122-82)33-137-25-7-16-50(89)97)128-80-64(111)56(103)71(126-78(118-38)62(109)54(37)101)40(120-80)31-135-23-5-14-48(87)95/h37-45,54-84,101-116H,1-36H2,(H2,85,93)(H2,86,94)(H2,87,95)(H2,88,96)(H2,89,97)(H2,90,98)(H2,91,99)(H2,92,100). The molecule has 0 aromatic rings. The van der Waals surface area contributed by atoms with Gasteiger partial charge in [0.05, 0.1) is 54.9 Å². The average molecular weight is 2160 g/mol. The normalized spacial score (nSPS) is 39.3. The van der Waals surface area contributed by atoms with E-state index in [1.165, 1.54) is 47.0 Å². The van der Waals surface area contributed by atoms with E-state index >= 15 is 0 Å². The fraction of sp³-hybridized carbons (Fsp3) is 0.905. The van der Waals surface area contributed by atoms with Crippen molar-refractivity contribution in [3.8, 4) is 0 Å². The molecule has 27 fully saturated rings. The van der Waals surface area contributed by atoms with Crippen molar-refractivity contribution in [2.24, 2.45) is 51.8 Å². The first-order valence-electron chi connectivity index (χ1n) is 47.0. The minimum atomic E-state index is -2.21. The Bertz CT molecular complexity index is 3690. The zero-order valence-corrected chi connectivity index (χ0v) is 83.9. The molecule has 16 bridgehead atoms. The molecule has 0 aromatic heterocycles. The fourth-order valence-electron chi connectivity index (χ4n) is 17.0. The van der Waals surface area contributed by atoms with Crippen LogP contribution in [0, 0.1) is 5.92 Å². The molecule has 8 amide bonds. The third-order valence-electron chi connectivity index (χ3n) is 24.5. The number of aliphatic hydroxyl groups excluding tert-OH is 16. The molecule has 0 aromatic carbocycles. The largest absolute Gasteiger partial charge is 0.390 e. The topological polar surface area (TPSA) is 816 Å². The van der Waals surface area contributed by atoms with Gasteiger partial charge in [-0.1, -0.05) is 6.42 Å². The van der Waals surface area contributed by atoms with Gasteiger partial charge in [0.15, 0.2) is 50.3 Å². The summed E-state index contributed by atoms with van der Waals surface area (Å²) in [5, 5.41) is 197. The molecule has 40 atom stereocenters. The Kier molecular flexibility index (Phi) is 53.1. The van der Waals surface area contributed by atoms with Crippen LogP contribution < -0.4 is 45.9 Å². The fourth-order valence-corrected chi connectivity index (χ4v) is 25.2. The lowest BCUT2D eigenvalue weighted by atomic mass is 9.85. The van der Waals surface area contributed by atoms with Crippen molar-refractivity contribution in [1.82, 2.24) is 0 Å². The molecule has 27 rings (SSSR count). The van der Waals surface area contributed by atoms with Crippen LogP contribution in [0.3, 0.4) is 0 Å². The SMILES string of the molecule is NC(=O)CCCSCC1OC2OC3C(CSCCCC(N)=O)OC(OC4C(CSCCCC(N)=O)OC(OC5C(CSCCCC(N)=O)OC(OC6C(CSCCCC(N)=O)OC(OC7C(CSCCCC(N)=O)OC(OC8C(CSCCCC(N)=O)OC(OC9C(CSCCCC(N)=O)OC(OCCCCC1C(O)C2O)C(O)C9O)C(O)C8O)C(O)C7O)C(O)C6O)C(O)C5O)C(O)C4O)C(O)C3O. The molecule has 808 valence electrons. The van der Waals surface area contributed by atoms with E-state index in [0.29, 0.717) is 24.3 Å². The van der Waals surface area contributed by atoms with Crippen LogP contribution in [-0.4, -0.2) is 467 Å². The van der Waals surface area contributed by atoms with Crippen LogP contribution in [0.15, 0.2) is 0 Å². The van der Waals surface area contributed by atoms with Crippen molar-refractivity contribution >= 4 is 141 Å². The molecule has 56 heteroatoms. The number of nitrogens with two attached hydrogens (primary N) is 8. The molecule has 27 aliphatic rings. The van der Waals surface area contributed by atoms with Crippen LogP contribution >= 0.6 is 94.1 Å². The lowest BCUT2D eigenvalue weighted by Gasteiger charge is -2.50. The summed E-state index contributed by atoms with van der Waals surface area (Å²) in [5.74, 6) is -4.67. The van der Waals surface area contributed by atoms with Crippen molar-refractivity contribution in [1.29, 1.82) is 0 Å². The van der Waals surface area contributed by atoms with E-state index in [2.05, 4.69) is 0 Å². The molecule has 32 N–H and O–H groups in total. The number of aliphatic hydroxyl groups is 16. The summed E-state index contributed by atoms with van der Waals surface area (Å²) < 4.78 is 103. The zero-order chi connectivity index (χ0) is 102. The second-order valence-electron chi connectivity index (χ2n) is 35.6. The monoisotopic (exact) mass is 2160 g/mol. The summed E-state index contributed by atoms with van der Waals surface area (Å²) >= 11 is 9.46. The number of carbonyl (C=O) groups is 8. The highest BCUT2D eigenvalue weighted by molar-refractivity contribution is 8.00. The van der Waals surface area contributed by atoms with E-state index in [0.717, 1.165) is 47.0 Å². The Hall–Kier alpha value is -2.72. The van der Waals surface area contributed by atoms with Gasteiger partial charge in [-0.25, -0.2) is 0 Å². The number of rotatable bonds is 48. The number of hydrogen-bond donors (Lipinski definition) is 24. The Labute approximate surface area is 843 Å². The van der Waals surface area contributed by atoms with Gasteiger partial charge in [-0.05, 0) is 110 Å². The van der Waals surface area contributed by atoms with Crippen LogP contribution in [0.2, 0.25) is 0 Å². The van der Waals surface area contributed by atoms with E-state index in [1.54, 1.807) is 0 Å². The van der Waals surface area contributed by atoms with Gasteiger partial charge in [0.25, 0.3) is 0 Å². The minimum absolute atomic E-state index is 0.000598. The molecule has 0 aliphatic carbocycles. The molecule has 0 radical (unpaired) electrons. The predicted octanol–water partition coefficient (Wildman–Crippen LogP) is -7.94. The van der Waals surface area contributed by atoms with Gasteiger partial charge in [-0.2, -0.15) is 94.1 Å². The second kappa shape index (κ2) is 61.6. The number of amides is 8. The predicted molar refractivity (Wildman–Crippen MR) is 509 cm³/mol. The molecular weight excluding hydrogens is 2020 g/mol. The van der Waals surface area contributed by atoms with Gasteiger partial charge in [0, 0.05) is 110 Å². The highest BCUT2D eigenvalue weighted by Crippen LogP contribution is 2.43. The van der Waals surface area contributed by atoms with Crippen molar-refractivity contribution < 1.29 is 196 Å². The average Bonchev–Trinajstić information content (AvgIpc) is 0.766. The summed E-state index contributed by atoms with van der Waals surface area (Å²) in [6.45, 7) is -0.188. The first kappa shape index (κ1) is 121. The molecule has 27 saturated heterocycles. The van der Waals surface area contributed by atoms with E-state index in [9.17, 15) is 120 Å². The molecule has 40 unspecified atom stereocenters. The van der Waals surface area contributed by atoms with Crippen molar-refractivity contribution in [3.63, 3.8) is 0 Å². The second-order valence-corrected chi connectivity index (χ2v) is 44.8. The van der Waals surface area contributed by atoms with E-state index in [4.69, 9.17) is 122 Å². The van der Waals surface area contributed by atoms with Crippen molar-refractivity contribution in [3.05, 3.63) is 0 Å². The third-order valence-corrected chi connectivity index (χ3v) is 33.7. The van der Waals surface area contributed by atoms with Crippen LogP contribution in [0.5, 0.6) is 0 Å². The Morgan fingerprint density at radius 2 is 0.357 bits per heavy atom. The van der Waals surface area contributed by atoms with Gasteiger partial charge in [-0.3, -0.25) is 38.4 Å². The first-order chi connectivity index (χ1) is 66.7. The van der Waals surface area contributed by atoms with Crippen molar-refractivity contribution in [2.75, 3.05) is 98.7 Å². The van der Waals surface area contributed by atoms with Crippen molar-refractivity contribution in [2.45, 2.75) is 362 Å². The van der Waals surface area contributed by atoms with Gasteiger partial charge < -0.3 is 203 Å². The van der Waals surface area contributed by atoms with Crippen LogP contribution in [0.1, 0.15) is 122 Å². The molecular formula is C84H144N8O40S8. The number of ether oxygens (including phenoxy) is 16. The third kappa shape index (κ3) is 36.9. The molecule has 0 saturated carbocycles. The number of thioether (sulfide) groups is 8. The number of hydrogen-bond acceptors (Lipinski definition) is 48. The van der Waals surface area contributed by atoms with E-state index in [-0.39, 0.29) is 196 Å². The summed E-state index contributed by atoms with van der Waals surface area (Å²) in [7, 11) is 0. The maximum atomic E-state index is 12.5. The Morgan fingerprint density at radius 3 is 0.543 bits per heavy atom. The smallest absolute Gasteiger partial charge is 0.217 e. The Morgan fingerprint density at radius 1 is 0.200 bits per heavy atom. The lowest BCUT2D eigenvalue weighted by molar-refractivity contribution is -0.391. The van der Waals surface area contributed by atoms with Gasteiger partial charge in [0.2, 0.25) is 47.3 Å². The van der Waals surface area contributed by atoms with E-state index < -0.39 is 293 Å². The zero-order valence-electron chi connectivity index (χ0n) is 77.4. The summed E-state index contributed by atoms with van der Waals surface area (Å²) in [6.07, 6.45) is -69.1. The maximum Gasteiger partial charge on any atom is 0.217 e. The van der Waals surface area contributed by atoms with Crippen LogP contribution in [-0.2, 0) is 114 Å². The highest BCUT2D eigenvalue weighted by atomic mass is 32.2. The molecule has 27 heterocycles. The molecule has 27 aliphatic heterocycles.